The van der Waals surface area contributed by atoms with E-state index in [0.717, 1.165) is 103 Å². The van der Waals surface area contributed by atoms with E-state index in [9.17, 15) is 14.7 Å². The van der Waals surface area contributed by atoms with E-state index in [4.69, 9.17) is 9.47 Å². The first-order valence-electron chi connectivity index (χ1n) is 25.6. The van der Waals surface area contributed by atoms with Gasteiger partial charge in [-0.15, -0.1) is 0 Å². The van der Waals surface area contributed by atoms with Crippen molar-refractivity contribution >= 4 is 11.9 Å². The summed E-state index contributed by atoms with van der Waals surface area (Å²) in [5.41, 5.74) is 0. The van der Waals surface area contributed by atoms with E-state index in [1.54, 1.807) is 0 Å². The molecule has 0 fully saturated rings. The minimum atomic E-state index is -0.00763. The predicted octanol–water partition coefficient (Wildman–Crippen LogP) is 15.1. The third kappa shape index (κ3) is 41.4. The predicted molar refractivity (Wildman–Crippen MR) is 246 cm³/mol. The van der Waals surface area contributed by atoms with Crippen LogP contribution in [0.4, 0.5) is 0 Å². The standard InChI is InChI=1S/C51H101NO5/c1-5-9-13-17-26-36-48(34-24-15-11-7-3)40-46-56-50(54)38-28-19-21-30-42-52(44-32-23-33-45-53)43-31-22-20-29-39-51(55)57-47-41-49(35-25-16-12-8-4)37-27-18-14-10-6-2/h48-49,53H,5-47H2,1-4H3. The lowest BCUT2D eigenvalue weighted by molar-refractivity contribution is -0.145. The topological polar surface area (TPSA) is 76.1 Å². The molecule has 57 heavy (non-hydrogen) atoms. The highest BCUT2D eigenvalue weighted by Gasteiger charge is 2.13. The first kappa shape index (κ1) is 55.9. The third-order valence-electron chi connectivity index (χ3n) is 12.3. The Kier molecular flexibility index (Phi) is 45.0. The largest absolute Gasteiger partial charge is 0.466 e. The zero-order valence-corrected chi connectivity index (χ0v) is 39.1. The molecule has 6 heteroatoms. The zero-order valence-electron chi connectivity index (χ0n) is 39.1. The van der Waals surface area contributed by atoms with Crippen LogP contribution in [0.1, 0.15) is 265 Å². The van der Waals surface area contributed by atoms with E-state index in [-0.39, 0.29) is 18.5 Å². The summed E-state index contributed by atoms with van der Waals surface area (Å²) in [6.07, 6.45) is 44.0. The normalized spacial score (nSPS) is 12.7. The second kappa shape index (κ2) is 45.9. The van der Waals surface area contributed by atoms with Crippen molar-refractivity contribution in [3.63, 3.8) is 0 Å². The van der Waals surface area contributed by atoms with Crippen molar-refractivity contribution in [2.45, 2.75) is 265 Å². The fourth-order valence-corrected chi connectivity index (χ4v) is 8.36. The first-order valence-corrected chi connectivity index (χ1v) is 25.6. The highest BCUT2D eigenvalue weighted by atomic mass is 16.5. The fraction of sp³-hybridized carbons (Fsp3) is 0.961. The van der Waals surface area contributed by atoms with Gasteiger partial charge in [0.05, 0.1) is 13.2 Å². The van der Waals surface area contributed by atoms with Gasteiger partial charge in [-0.25, -0.2) is 0 Å². The average Bonchev–Trinajstić information content (AvgIpc) is 3.21. The van der Waals surface area contributed by atoms with Gasteiger partial charge in [-0.05, 0) is 89.3 Å². The summed E-state index contributed by atoms with van der Waals surface area (Å²) < 4.78 is 11.4. The molecule has 0 saturated heterocycles. The Bertz CT molecular complexity index is 761. The Labute approximate surface area is 356 Å². The fourth-order valence-electron chi connectivity index (χ4n) is 8.36. The number of unbranched alkanes of at least 4 members (excludes halogenated alkanes) is 22. The summed E-state index contributed by atoms with van der Waals surface area (Å²) in [7, 11) is 0. The van der Waals surface area contributed by atoms with Gasteiger partial charge in [0.1, 0.15) is 0 Å². The van der Waals surface area contributed by atoms with Crippen LogP contribution in [0.15, 0.2) is 0 Å². The van der Waals surface area contributed by atoms with Gasteiger partial charge in [0.15, 0.2) is 0 Å². The molecule has 1 N–H and O–H groups in total. The molecular formula is C51H101NO5. The minimum absolute atomic E-state index is 0.00763. The smallest absolute Gasteiger partial charge is 0.305 e. The Hall–Kier alpha value is -1.14. The summed E-state index contributed by atoms with van der Waals surface area (Å²) >= 11 is 0. The minimum Gasteiger partial charge on any atom is -0.466 e. The van der Waals surface area contributed by atoms with Crippen LogP contribution in [0.5, 0.6) is 0 Å². The molecule has 6 nitrogen and oxygen atoms in total. The van der Waals surface area contributed by atoms with Crippen LogP contribution in [-0.2, 0) is 19.1 Å². The van der Waals surface area contributed by atoms with Crippen LogP contribution >= 0.6 is 0 Å². The molecule has 0 spiro atoms. The van der Waals surface area contributed by atoms with Crippen LogP contribution in [0.3, 0.4) is 0 Å². The van der Waals surface area contributed by atoms with Crippen molar-refractivity contribution in [1.29, 1.82) is 0 Å². The number of carbonyl (C=O) groups excluding carboxylic acids is 2. The first-order chi connectivity index (χ1) is 28.0. The molecule has 0 heterocycles. The van der Waals surface area contributed by atoms with Gasteiger partial charge in [-0.1, -0.05) is 195 Å². The van der Waals surface area contributed by atoms with E-state index >= 15 is 0 Å². The number of aliphatic hydroxyl groups is 1. The van der Waals surface area contributed by atoms with Crippen LogP contribution in [0.2, 0.25) is 0 Å². The van der Waals surface area contributed by atoms with Gasteiger partial charge < -0.3 is 19.5 Å². The molecule has 0 aromatic heterocycles. The van der Waals surface area contributed by atoms with Gasteiger partial charge in [0, 0.05) is 19.4 Å². The monoisotopic (exact) mass is 808 g/mol. The van der Waals surface area contributed by atoms with Crippen molar-refractivity contribution in [1.82, 2.24) is 4.90 Å². The quantitative estimate of drug-likeness (QED) is 0.0487. The lowest BCUT2D eigenvalue weighted by Gasteiger charge is -2.22. The number of carbonyl (C=O) groups is 2. The maximum Gasteiger partial charge on any atom is 0.305 e. The van der Waals surface area contributed by atoms with E-state index in [1.807, 2.05) is 0 Å². The summed E-state index contributed by atoms with van der Waals surface area (Å²) in [4.78, 5) is 27.6. The van der Waals surface area contributed by atoms with Crippen LogP contribution in [0.25, 0.3) is 0 Å². The Morgan fingerprint density at radius 3 is 1.04 bits per heavy atom. The van der Waals surface area contributed by atoms with E-state index in [2.05, 4.69) is 32.6 Å². The van der Waals surface area contributed by atoms with E-state index in [0.29, 0.717) is 37.9 Å². The van der Waals surface area contributed by atoms with Crippen LogP contribution in [-0.4, -0.2) is 61.4 Å². The molecule has 0 bridgehead atoms. The second-order valence-electron chi connectivity index (χ2n) is 17.8. The molecule has 340 valence electrons. The molecule has 0 rings (SSSR count). The number of aliphatic hydroxyl groups excluding tert-OH is 1. The molecule has 0 aromatic carbocycles. The van der Waals surface area contributed by atoms with Gasteiger partial charge in [0.2, 0.25) is 0 Å². The second-order valence-corrected chi connectivity index (χ2v) is 17.8. The number of ether oxygens (including phenoxy) is 2. The molecule has 0 aliphatic rings. The van der Waals surface area contributed by atoms with E-state index in [1.165, 1.54) is 141 Å². The molecule has 2 unspecified atom stereocenters. The number of hydrogen-bond donors (Lipinski definition) is 1. The summed E-state index contributed by atoms with van der Waals surface area (Å²) in [6.45, 7) is 13.9. The highest BCUT2D eigenvalue weighted by molar-refractivity contribution is 5.69. The van der Waals surface area contributed by atoms with Gasteiger partial charge in [-0.2, -0.15) is 0 Å². The number of nitrogens with zero attached hydrogens (tertiary/aromatic N) is 1. The van der Waals surface area contributed by atoms with Crippen LogP contribution in [0, 0.1) is 11.8 Å². The van der Waals surface area contributed by atoms with Crippen molar-refractivity contribution in [2.75, 3.05) is 39.5 Å². The van der Waals surface area contributed by atoms with Crippen molar-refractivity contribution < 1.29 is 24.2 Å². The van der Waals surface area contributed by atoms with Gasteiger partial charge in [0.25, 0.3) is 0 Å². The maximum atomic E-state index is 12.5. The maximum absolute atomic E-state index is 12.5. The Morgan fingerprint density at radius 2 is 0.684 bits per heavy atom. The lowest BCUT2D eigenvalue weighted by atomic mass is 9.92. The molecular weight excluding hydrogens is 707 g/mol. The molecule has 0 aromatic rings. The summed E-state index contributed by atoms with van der Waals surface area (Å²) in [6, 6.07) is 0. The van der Waals surface area contributed by atoms with Gasteiger partial charge in [-0.3, -0.25) is 9.59 Å². The molecule has 2 atom stereocenters. The Balaban J connectivity index is 4.27. The third-order valence-corrected chi connectivity index (χ3v) is 12.3. The van der Waals surface area contributed by atoms with Crippen molar-refractivity contribution in [2.24, 2.45) is 11.8 Å². The summed E-state index contributed by atoms with van der Waals surface area (Å²) in [5.74, 6) is 1.40. The Morgan fingerprint density at radius 1 is 0.386 bits per heavy atom. The molecule has 0 radical (unpaired) electrons. The highest BCUT2D eigenvalue weighted by Crippen LogP contribution is 2.23. The average molecular weight is 808 g/mol. The van der Waals surface area contributed by atoms with E-state index < -0.39 is 0 Å². The molecule has 0 amide bonds. The molecule has 0 aliphatic carbocycles. The SMILES string of the molecule is CCCCCCCC(CCCCCC)CCOC(=O)CCCCCCN(CCCCCO)CCCCCCC(=O)OCCC(CCCCCC)CCCCCCC. The number of rotatable bonds is 47. The zero-order chi connectivity index (χ0) is 41.7. The lowest BCUT2D eigenvalue weighted by Crippen LogP contribution is -2.27. The van der Waals surface area contributed by atoms with Crippen molar-refractivity contribution in [3.8, 4) is 0 Å². The van der Waals surface area contributed by atoms with Crippen LogP contribution < -0.4 is 0 Å². The molecule has 0 aliphatic heterocycles. The summed E-state index contributed by atoms with van der Waals surface area (Å²) in [5, 5.41) is 9.23. The van der Waals surface area contributed by atoms with Gasteiger partial charge >= 0.3 is 11.9 Å². The number of hydrogen-bond acceptors (Lipinski definition) is 6. The van der Waals surface area contributed by atoms with Crippen molar-refractivity contribution in [3.05, 3.63) is 0 Å². The number of esters is 2. The molecule has 0 saturated carbocycles.